The van der Waals surface area contributed by atoms with Crippen LogP contribution in [0.25, 0.3) is 0 Å². The Kier molecular flexibility index (Phi) is 5.85. The minimum absolute atomic E-state index is 0.0373. The first-order valence-corrected chi connectivity index (χ1v) is 10.0. The Balaban J connectivity index is 1.25. The lowest BCUT2D eigenvalue weighted by atomic mass is 9.94. The predicted molar refractivity (Wildman–Crippen MR) is 103 cm³/mol. The highest BCUT2D eigenvalue weighted by Gasteiger charge is 2.31. The fourth-order valence-corrected chi connectivity index (χ4v) is 4.27. The summed E-state index contributed by atoms with van der Waals surface area (Å²) in [5, 5.41) is 10.0. The third-order valence-corrected chi connectivity index (χ3v) is 5.88. The van der Waals surface area contributed by atoms with Crippen molar-refractivity contribution in [2.45, 2.75) is 38.3 Å². The number of aromatic nitrogens is 3. The molecule has 7 nitrogen and oxygen atoms in total. The van der Waals surface area contributed by atoms with Crippen molar-refractivity contribution >= 4 is 6.03 Å². The first kappa shape index (κ1) is 18.9. The second-order valence-electron chi connectivity index (χ2n) is 7.77. The number of H-pyrrole nitrogens is 1. The largest absolute Gasteiger partial charge is 0.335 e. The van der Waals surface area contributed by atoms with Crippen LogP contribution >= 0.6 is 0 Å². The number of rotatable bonds is 5. The van der Waals surface area contributed by atoms with Crippen molar-refractivity contribution in [2.75, 3.05) is 26.2 Å². The zero-order chi connectivity index (χ0) is 19.3. The number of piperazine rings is 1. The van der Waals surface area contributed by atoms with Gasteiger partial charge in [-0.15, -0.1) is 0 Å². The van der Waals surface area contributed by atoms with Crippen molar-refractivity contribution in [1.29, 1.82) is 0 Å². The van der Waals surface area contributed by atoms with Gasteiger partial charge in [0, 0.05) is 32.2 Å². The number of aromatic amines is 1. The summed E-state index contributed by atoms with van der Waals surface area (Å²) in [4.78, 5) is 21.1. The molecule has 1 saturated heterocycles. The van der Waals surface area contributed by atoms with Crippen LogP contribution in [0, 0.1) is 11.7 Å². The number of carbonyl (C=O) groups excluding carboxylic acids is 1. The molecule has 28 heavy (non-hydrogen) atoms. The van der Waals surface area contributed by atoms with Crippen LogP contribution in [0.4, 0.5) is 9.18 Å². The molecule has 1 saturated carbocycles. The maximum atomic E-state index is 13.1. The standard InChI is InChI=1S/C20H27FN6O/c21-17-6-4-15(5-7-17)12-16-2-1-3-18(16)24-20(28)27-10-8-26(9-11-27)13-19-22-14-23-25-19/h4-7,14,16,18H,1-3,8-13H2,(H,24,28)(H,22,23,25)/t16-,18-/m0/s1. The number of hydrogen-bond donors (Lipinski definition) is 2. The Morgan fingerprint density at radius 2 is 1.96 bits per heavy atom. The van der Waals surface area contributed by atoms with Gasteiger partial charge in [0.05, 0.1) is 6.54 Å². The third kappa shape index (κ3) is 4.67. The van der Waals surface area contributed by atoms with Gasteiger partial charge in [-0.3, -0.25) is 10.00 Å². The van der Waals surface area contributed by atoms with Gasteiger partial charge in [0.15, 0.2) is 0 Å². The molecule has 150 valence electrons. The topological polar surface area (TPSA) is 77.2 Å². The molecule has 2 aromatic rings. The SMILES string of the molecule is O=C(N[C@H]1CCC[C@H]1Cc1ccc(F)cc1)N1CCN(Cc2ncn[nH]2)CC1. The van der Waals surface area contributed by atoms with Crippen molar-refractivity contribution < 1.29 is 9.18 Å². The normalized spacial score (nSPS) is 23.1. The molecular weight excluding hydrogens is 359 g/mol. The molecule has 2 heterocycles. The van der Waals surface area contributed by atoms with Crippen LogP contribution in [-0.4, -0.2) is 63.2 Å². The van der Waals surface area contributed by atoms with Gasteiger partial charge in [-0.25, -0.2) is 14.2 Å². The highest BCUT2D eigenvalue weighted by Crippen LogP contribution is 2.29. The molecule has 0 radical (unpaired) electrons. The zero-order valence-electron chi connectivity index (χ0n) is 16.0. The van der Waals surface area contributed by atoms with Gasteiger partial charge in [0.1, 0.15) is 18.0 Å². The number of benzene rings is 1. The lowest BCUT2D eigenvalue weighted by Crippen LogP contribution is -2.53. The highest BCUT2D eigenvalue weighted by molar-refractivity contribution is 5.74. The quantitative estimate of drug-likeness (QED) is 0.826. The van der Waals surface area contributed by atoms with Gasteiger partial charge in [-0.05, 0) is 42.9 Å². The van der Waals surface area contributed by atoms with Crippen molar-refractivity contribution in [3.05, 3.63) is 47.8 Å². The minimum Gasteiger partial charge on any atom is -0.335 e. The fourth-order valence-electron chi connectivity index (χ4n) is 4.27. The van der Waals surface area contributed by atoms with Crippen LogP contribution in [0.5, 0.6) is 0 Å². The van der Waals surface area contributed by atoms with E-state index in [4.69, 9.17) is 0 Å². The van der Waals surface area contributed by atoms with E-state index in [1.54, 1.807) is 0 Å². The van der Waals surface area contributed by atoms with E-state index in [0.717, 1.165) is 69.8 Å². The summed E-state index contributed by atoms with van der Waals surface area (Å²) in [6.45, 7) is 3.83. The molecule has 4 rings (SSSR count). The molecule has 2 N–H and O–H groups in total. The van der Waals surface area contributed by atoms with Crippen LogP contribution in [0.3, 0.4) is 0 Å². The van der Waals surface area contributed by atoms with E-state index in [2.05, 4.69) is 25.4 Å². The van der Waals surface area contributed by atoms with Crippen LogP contribution in [-0.2, 0) is 13.0 Å². The maximum Gasteiger partial charge on any atom is 0.317 e. The van der Waals surface area contributed by atoms with E-state index in [-0.39, 0.29) is 17.9 Å². The van der Waals surface area contributed by atoms with Crippen LogP contribution < -0.4 is 5.32 Å². The van der Waals surface area contributed by atoms with E-state index < -0.39 is 0 Å². The second kappa shape index (κ2) is 8.68. The number of amides is 2. The van der Waals surface area contributed by atoms with Gasteiger partial charge in [0.25, 0.3) is 0 Å². The van der Waals surface area contributed by atoms with Crippen molar-refractivity contribution in [3.63, 3.8) is 0 Å². The molecule has 2 atom stereocenters. The minimum atomic E-state index is -0.206. The smallest absolute Gasteiger partial charge is 0.317 e. The van der Waals surface area contributed by atoms with E-state index in [1.807, 2.05) is 17.0 Å². The second-order valence-corrected chi connectivity index (χ2v) is 7.77. The van der Waals surface area contributed by atoms with Crippen molar-refractivity contribution in [3.8, 4) is 0 Å². The molecule has 0 bridgehead atoms. The summed E-state index contributed by atoms with van der Waals surface area (Å²) in [6.07, 6.45) is 5.65. The molecule has 1 aliphatic carbocycles. The molecular formula is C20H27FN6O. The van der Waals surface area contributed by atoms with Gasteiger partial charge in [-0.2, -0.15) is 5.10 Å². The monoisotopic (exact) mass is 386 g/mol. The molecule has 8 heteroatoms. The summed E-state index contributed by atoms with van der Waals surface area (Å²) in [6, 6.07) is 6.95. The van der Waals surface area contributed by atoms with Gasteiger partial charge in [0.2, 0.25) is 0 Å². The number of hydrogen-bond acceptors (Lipinski definition) is 4. The summed E-state index contributed by atoms with van der Waals surface area (Å²) < 4.78 is 13.1. The molecule has 1 aromatic carbocycles. The first-order valence-electron chi connectivity index (χ1n) is 10.0. The number of urea groups is 1. The summed E-state index contributed by atoms with van der Waals surface area (Å²) in [7, 11) is 0. The lowest BCUT2D eigenvalue weighted by molar-refractivity contribution is 0.130. The van der Waals surface area contributed by atoms with Gasteiger partial charge < -0.3 is 10.2 Å². The van der Waals surface area contributed by atoms with Crippen molar-refractivity contribution in [1.82, 2.24) is 30.3 Å². The summed E-state index contributed by atoms with van der Waals surface area (Å²) in [5.74, 6) is 1.07. The maximum absolute atomic E-state index is 13.1. The molecule has 2 amide bonds. The Morgan fingerprint density at radius 3 is 2.68 bits per heavy atom. The van der Waals surface area contributed by atoms with Crippen LogP contribution in [0.2, 0.25) is 0 Å². The molecule has 1 aromatic heterocycles. The van der Waals surface area contributed by atoms with Gasteiger partial charge >= 0.3 is 6.03 Å². The Morgan fingerprint density at radius 1 is 1.18 bits per heavy atom. The Hall–Kier alpha value is -2.48. The molecule has 0 unspecified atom stereocenters. The van der Waals surface area contributed by atoms with Gasteiger partial charge in [-0.1, -0.05) is 18.6 Å². The molecule has 0 spiro atoms. The van der Waals surface area contributed by atoms with Crippen molar-refractivity contribution in [2.24, 2.45) is 5.92 Å². The molecule has 1 aliphatic heterocycles. The third-order valence-electron chi connectivity index (χ3n) is 5.88. The summed E-state index contributed by atoms with van der Waals surface area (Å²) in [5.41, 5.74) is 1.13. The van der Waals surface area contributed by atoms with E-state index in [1.165, 1.54) is 18.5 Å². The summed E-state index contributed by atoms with van der Waals surface area (Å²) >= 11 is 0. The van der Waals surface area contributed by atoms with Crippen LogP contribution in [0.1, 0.15) is 30.7 Å². The van der Waals surface area contributed by atoms with E-state index in [9.17, 15) is 9.18 Å². The number of nitrogens with one attached hydrogen (secondary N) is 2. The first-order chi connectivity index (χ1) is 13.7. The zero-order valence-corrected chi connectivity index (χ0v) is 16.0. The number of halogens is 1. The molecule has 2 aliphatic rings. The average Bonchev–Trinajstić information content (AvgIpc) is 3.37. The number of nitrogens with zero attached hydrogens (tertiary/aromatic N) is 4. The lowest BCUT2D eigenvalue weighted by Gasteiger charge is -2.35. The fraction of sp³-hybridized carbons (Fsp3) is 0.550. The molecule has 2 fully saturated rings. The Bertz CT molecular complexity index is 758. The predicted octanol–water partition coefficient (Wildman–Crippen LogP) is 2.18. The number of carbonyl (C=O) groups is 1. The highest BCUT2D eigenvalue weighted by atomic mass is 19.1. The van der Waals surface area contributed by atoms with E-state index >= 15 is 0 Å². The Labute approximate surface area is 164 Å². The average molecular weight is 386 g/mol. The van der Waals surface area contributed by atoms with E-state index in [0.29, 0.717) is 5.92 Å². The van der Waals surface area contributed by atoms with Crippen LogP contribution in [0.15, 0.2) is 30.6 Å².